The van der Waals surface area contributed by atoms with E-state index in [0.717, 1.165) is 5.69 Å². The predicted molar refractivity (Wildman–Crippen MR) is 81.4 cm³/mol. The molecule has 4 atom stereocenters. The lowest BCUT2D eigenvalue weighted by Gasteiger charge is -2.15. The molecular formula is C14H25N5O4. The van der Waals surface area contributed by atoms with Gasteiger partial charge < -0.3 is 25.6 Å². The molecule has 0 bridgehead atoms. The molecule has 2 rings (SSSR count). The Morgan fingerprint density at radius 3 is 2.74 bits per heavy atom. The Morgan fingerprint density at radius 1 is 1.39 bits per heavy atom. The number of nitrogens with zero attached hydrogens (tertiary/aromatic N) is 3. The van der Waals surface area contributed by atoms with Gasteiger partial charge in [0.05, 0.1) is 24.8 Å². The standard InChI is InChI=1S/C14H25N5O4/c1-8(2)16-12(20)4-10-13(21)14(22)11(23-10)7-19-6-9(5-15-3)17-18-19/h6,8,10-11,13-15,21-22H,4-5,7H2,1-3H3,(H,16,20)/t10-,11-,13+,14-/m1/s1. The number of rotatable bonds is 7. The zero-order valence-corrected chi connectivity index (χ0v) is 13.6. The zero-order chi connectivity index (χ0) is 17.0. The van der Waals surface area contributed by atoms with Gasteiger partial charge in [-0.3, -0.25) is 4.79 Å². The van der Waals surface area contributed by atoms with Crippen molar-refractivity contribution < 1.29 is 19.7 Å². The van der Waals surface area contributed by atoms with E-state index in [1.807, 2.05) is 20.9 Å². The van der Waals surface area contributed by atoms with Gasteiger partial charge in [-0.2, -0.15) is 0 Å². The summed E-state index contributed by atoms with van der Waals surface area (Å²) in [5.74, 6) is -0.214. The predicted octanol–water partition coefficient (Wildman–Crippen LogP) is -1.60. The molecule has 1 aliphatic rings. The molecule has 0 unspecified atom stereocenters. The highest BCUT2D eigenvalue weighted by molar-refractivity contribution is 5.76. The fraction of sp³-hybridized carbons (Fsp3) is 0.786. The van der Waals surface area contributed by atoms with Crippen LogP contribution in [0.2, 0.25) is 0 Å². The summed E-state index contributed by atoms with van der Waals surface area (Å²) in [5, 5.41) is 33.8. The summed E-state index contributed by atoms with van der Waals surface area (Å²) < 4.78 is 7.21. The molecule has 0 spiro atoms. The van der Waals surface area contributed by atoms with Gasteiger partial charge in [-0.1, -0.05) is 5.21 Å². The van der Waals surface area contributed by atoms with Gasteiger partial charge in [-0.15, -0.1) is 5.10 Å². The van der Waals surface area contributed by atoms with E-state index in [-0.39, 0.29) is 24.9 Å². The van der Waals surface area contributed by atoms with Gasteiger partial charge in [0.15, 0.2) is 0 Å². The summed E-state index contributed by atoms with van der Waals surface area (Å²) >= 11 is 0. The van der Waals surface area contributed by atoms with Gasteiger partial charge >= 0.3 is 0 Å². The first-order chi connectivity index (χ1) is 10.9. The van der Waals surface area contributed by atoms with E-state index >= 15 is 0 Å². The number of aliphatic hydroxyl groups excluding tert-OH is 2. The summed E-state index contributed by atoms with van der Waals surface area (Å²) in [6.45, 7) is 4.57. The summed E-state index contributed by atoms with van der Waals surface area (Å²) in [5.41, 5.74) is 0.772. The summed E-state index contributed by atoms with van der Waals surface area (Å²) in [6, 6.07) is 0.0162. The third-order valence-corrected chi connectivity index (χ3v) is 3.61. The highest BCUT2D eigenvalue weighted by atomic mass is 16.5. The number of nitrogens with one attached hydrogen (secondary N) is 2. The minimum Gasteiger partial charge on any atom is -0.388 e. The van der Waals surface area contributed by atoms with Crippen LogP contribution in [0.15, 0.2) is 6.20 Å². The van der Waals surface area contributed by atoms with Crippen LogP contribution in [0.25, 0.3) is 0 Å². The monoisotopic (exact) mass is 327 g/mol. The van der Waals surface area contributed by atoms with E-state index < -0.39 is 24.4 Å². The van der Waals surface area contributed by atoms with Crippen LogP contribution < -0.4 is 10.6 Å². The summed E-state index contributed by atoms with van der Waals surface area (Å²) in [4.78, 5) is 11.8. The fourth-order valence-electron chi connectivity index (χ4n) is 2.58. The minimum atomic E-state index is -1.10. The molecule has 1 aromatic heterocycles. The number of amides is 1. The first-order valence-corrected chi connectivity index (χ1v) is 7.75. The maximum atomic E-state index is 11.8. The normalized spacial score (nSPS) is 27.6. The molecule has 1 saturated heterocycles. The smallest absolute Gasteiger partial charge is 0.222 e. The van der Waals surface area contributed by atoms with Crippen LogP contribution in [0, 0.1) is 0 Å². The third-order valence-electron chi connectivity index (χ3n) is 3.61. The Hall–Kier alpha value is -1.55. The molecule has 130 valence electrons. The molecule has 2 heterocycles. The average Bonchev–Trinajstić information content (AvgIpc) is 3.00. The van der Waals surface area contributed by atoms with Crippen LogP contribution in [0.3, 0.4) is 0 Å². The molecule has 9 heteroatoms. The van der Waals surface area contributed by atoms with Gasteiger partial charge in [-0.05, 0) is 20.9 Å². The molecule has 9 nitrogen and oxygen atoms in total. The van der Waals surface area contributed by atoms with Crippen LogP contribution in [-0.4, -0.2) is 68.6 Å². The Morgan fingerprint density at radius 2 is 2.09 bits per heavy atom. The van der Waals surface area contributed by atoms with Gasteiger partial charge in [0, 0.05) is 18.8 Å². The lowest BCUT2D eigenvalue weighted by Crippen LogP contribution is -2.38. The maximum absolute atomic E-state index is 11.8. The zero-order valence-electron chi connectivity index (χ0n) is 13.6. The van der Waals surface area contributed by atoms with Crippen LogP contribution in [0.4, 0.5) is 0 Å². The highest BCUT2D eigenvalue weighted by Gasteiger charge is 2.43. The van der Waals surface area contributed by atoms with Crippen molar-refractivity contribution in [2.75, 3.05) is 7.05 Å². The topological polar surface area (TPSA) is 122 Å². The number of carbonyl (C=O) groups is 1. The van der Waals surface area contributed by atoms with Gasteiger partial charge in [-0.25, -0.2) is 4.68 Å². The van der Waals surface area contributed by atoms with Crippen molar-refractivity contribution in [3.05, 3.63) is 11.9 Å². The van der Waals surface area contributed by atoms with E-state index in [9.17, 15) is 15.0 Å². The Labute approximate surface area is 135 Å². The second kappa shape index (κ2) is 7.82. The van der Waals surface area contributed by atoms with Gasteiger partial charge in [0.2, 0.25) is 5.91 Å². The van der Waals surface area contributed by atoms with Crippen LogP contribution in [0.1, 0.15) is 26.0 Å². The second-order valence-electron chi connectivity index (χ2n) is 6.08. The molecule has 0 radical (unpaired) electrons. The first-order valence-electron chi connectivity index (χ1n) is 7.75. The van der Waals surface area contributed by atoms with E-state index in [2.05, 4.69) is 20.9 Å². The fourth-order valence-corrected chi connectivity index (χ4v) is 2.58. The van der Waals surface area contributed by atoms with Crippen molar-refractivity contribution in [1.82, 2.24) is 25.6 Å². The lowest BCUT2D eigenvalue weighted by molar-refractivity contribution is -0.125. The van der Waals surface area contributed by atoms with Crippen molar-refractivity contribution in [1.29, 1.82) is 0 Å². The number of aliphatic hydroxyl groups is 2. The van der Waals surface area contributed by atoms with Crippen LogP contribution in [-0.2, 0) is 22.6 Å². The average molecular weight is 327 g/mol. The first kappa shape index (κ1) is 17.8. The largest absolute Gasteiger partial charge is 0.388 e. The molecule has 1 aromatic rings. The Bertz CT molecular complexity index is 521. The second-order valence-corrected chi connectivity index (χ2v) is 6.08. The van der Waals surface area contributed by atoms with Crippen molar-refractivity contribution >= 4 is 5.91 Å². The number of hydrogen-bond acceptors (Lipinski definition) is 7. The number of aromatic nitrogens is 3. The molecule has 23 heavy (non-hydrogen) atoms. The SMILES string of the molecule is CNCc1cn(C[C@H]2O[C@H](CC(=O)NC(C)C)[C@H](O)[C@@H]2O)nn1. The number of hydrogen-bond donors (Lipinski definition) is 4. The molecule has 1 aliphatic heterocycles. The minimum absolute atomic E-state index is 0.00919. The van der Waals surface area contributed by atoms with Crippen LogP contribution in [0.5, 0.6) is 0 Å². The highest BCUT2D eigenvalue weighted by Crippen LogP contribution is 2.24. The third kappa shape index (κ3) is 4.71. The van der Waals surface area contributed by atoms with Gasteiger partial charge in [0.1, 0.15) is 18.3 Å². The molecular weight excluding hydrogens is 302 g/mol. The molecule has 1 fully saturated rings. The molecule has 0 saturated carbocycles. The van der Waals surface area contributed by atoms with Crippen molar-refractivity contribution in [2.45, 2.75) is 63.8 Å². The molecule has 1 amide bonds. The molecule has 4 N–H and O–H groups in total. The van der Waals surface area contributed by atoms with E-state index in [4.69, 9.17) is 4.74 Å². The number of ether oxygens (including phenoxy) is 1. The molecule has 0 aromatic carbocycles. The Kier molecular flexibility index (Phi) is 6.05. The Balaban J connectivity index is 1.92. The van der Waals surface area contributed by atoms with Crippen molar-refractivity contribution in [3.8, 4) is 0 Å². The van der Waals surface area contributed by atoms with E-state index in [1.165, 1.54) is 0 Å². The molecule has 0 aliphatic carbocycles. The van der Waals surface area contributed by atoms with Crippen molar-refractivity contribution in [3.63, 3.8) is 0 Å². The quantitative estimate of drug-likeness (QED) is 0.476. The lowest BCUT2D eigenvalue weighted by atomic mass is 10.1. The van der Waals surface area contributed by atoms with Crippen LogP contribution >= 0.6 is 0 Å². The summed E-state index contributed by atoms with van der Waals surface area (Å²) in [6.07, 6.45) is -1.77. The van der Waals surface area contributed by atoms with E-state index in [0.29, 0.717) is 6.54 Å². The number of carbonyl (C=O) groups excluding carboxylic acids is 1. The van der Waals surface area contributed by atoms with E-state index in [1.54, 1.807) is 10.9 Å². The van der Waals surface area contributed by atoms with Gasteiger partial charge in [0.25, 0.3) is 0 Å². The van der Waals surface area contributed by atoms with Crippen molar-refractivity contribution in [2.24, 2.45) is 0 Å². The summed E-state index contributed by atoms with van der Waals surface area (Å²) in [7, 11) is 1.81. The maximum Gasteiger partial charge on any atom is 0.222 e.